The van der Waals surface area contributed by atoms with Crippen LogP contribution < -0.4 is 4.72 Å². The fraction of sp³-hybridized carbons (Fsp3) is 0.562. The third-order valence-corrected chi connectivity index (χ3v) is 5.75. The highest BCUT2D eigenvalue weighted by atomic mass is 32.2. The predicted octanol–water partition coefficient (Wildman–Crippen LogP) is 2.41. The maximum Gasteiger partial charge on any atom is 0.215 e. The summed E-state index contributed by atoms with van der Waals surface area (Å²) in [4.78, 5) is 0. The van der Waals surface area contributed by atoms with Gasteiger partial charge in [0.2, 0.25) is 10.0 Å². The second kappa shape index (κ2) is 5.78. The van der Waals surface area contributed by atoms with Crippen LogP contribution in [0.3, 0.4) is 0 Å². The number of rotatable bonds is 7. The zero-order chi connectivity index (χ0) is 14.9. The third-order valence-electron chi connectivity index (χ3n) is 4.43. The zero-order valence-electron chi connectivity index (χ0n) is 12.0. The molecule has 0 spiro atoms. The van der Waals surface area contributed by atoms with E-state index in [9.17, 15) is 8.42 Å². The summed E-state index contributed by atoms with van der Waals surface area (Å²) in [5.74, 6) is 2.02. The summed E-state index contributed by atoms with van der Waals surface area (Å²) in [5.41, 5.74) is 1.27. The van der Waals surface area contributed by atoms with Gasteiger partial charge in [-0.1, -0.05) is 12.1 Å². The molecule has 0 aromatic heterocycles. The average molecular weight is 304 g/mol. The second-order valence-corrected chi connectivity index (χ2v) is 8.06. The molecular weight excluding hydrogens is 284 g/mol. The van der Waals surface area contributed by atoms with E-state index in [0.29, 0.717) is 18.0 Å². The van der Waals surface area contributed by atoms with Crippen molar-refractivity contribution in [1.29, 1.82) is 5.26 Å². The molecule has 21 heavy (non-hydrogen) atoms. The monoisotopic (exact) mass is 304 g/mol. The Kier molecular flexibility index (Phi) is 4.01. The Labute approximate surface area is 126 Å². The third kappa shape index (κ3) is 4.05. The normalized spacial score (nSPS) is 18.7. The van der Waals surface area contributed by atoms with Crippen molar-refractivity contribution < 1.29 is 8.42 Å². The summed E-state index contributed by atoms with van der Waals surface area (Å²) in [6, 6.07) is 8.75. The molecule has 3 rings (SSSR count). The molecule has 2 aliphatic carbocycles. The Balaban J connectivity index is 1.56. The van der Waals surface area contributed by atoms with Crippen LogP contribution in [0.1, 0.15) is 36.8 Å². The molecule has 5 heteroatoms. The van der Waals surface area contributed by atoms with E-state index in [1.807, 2.05) is 6.07 Å². The first-order chi connectivity index (χ1) is 10.1. The lowest BCUT2D eigenvalue weighted by atomic mass is 9.99. The minimum Gasteiger partial charge on any atom is -0.215 e. The first kappa shape index (κ1) is 14.6. The van der Waals surface area contributed by atoms with Gasteiger partial charge in [-0.15, -0.1) is 0 Å². The Bertz CT molecular complexity index is 626. The van der Waals surface area contributed by atoms with Gasteiger partial charge in [-0.05, 0) is 61.1 Å². The molecule has 1 aromatic carbocycles. The smallest absolute Gasteiger partial charge is 0.215 e. The minimum atomic E-state index is -3.29. The summed E-state index contributed by atoms with van der Waals surface area (Å²) >= 11 is 0. The highest BCUT2D eigenvalue weighted by Gasteiger charge is 2.41. The fourth-order valence-electron chi connectivity index (χ4n) is 2.94. The number of nitriles is 1. The molecule has 0 bridgehead atoms. The van der Waals surface area contributed by atoms with Crippen LogP contribution in [0.25, 0.3) is 0 Å². The molecule has 0 atom stereocenters. The average Bonchev–Trinajstić information content (AvgIpc) is 3.33. The van der Waals surface area contributed by atoms with Gasteiger partial charge in [0.1, 0.15) is 0 Å². The Morgan fingerprint density at radius 2 is 1.71 bits per heavy atom. The van der Waals surface area contributed by atoms with E-state index in [2.05, 4.69) is 4.72 Å². The lowest BCUT2D eigenvalue weighted by Gasteiger charge is -2.16. The second-order valence-electron chi connectivity index (χ2n) is 6.25. The van der Waals surface area contributed by atoms with Crippen molar-refractivity contribution in [3.63, 3.8) is 0 Å². The summed E-state index contributed by atoms with van der Waals surface area (Å²) in [6.07, 6.45) is 5.05. The number of nitrogens with one attached hydrogen (secondary N) is 1. The molecule has 2 saturated carbocycles. The Morgan fingerprint density at radius 3 is 2.19 bits per heavy atom. The maximum absolute atomic E-state index is 12.2. The molecular formula is C16H20N2O2S. The minimum absolute atomic E-state index is 0.0131. The molecule has 0 saturated heterocycles. The van der Waals surface area contributed by atoms with Gasteiger partial charge < -0.3 is 0 Å². The lowest BCUT2D eigenvalue weighted by Crippen LogP contribution is -2.32. The van der Waals surface area contributed by atoms with Crippen molar-refractivity contribution in [3.05, 3.63) is 35.4 Å². The molecule has 0 aliphatic heterocycles. The number of hydrogen-bond acceptors (Lipinski definition) is 3. The first-order valence-electron chi connectivity index (χ1n) is 7.54. The van der Waals surface area contributed by atoms with E-state index in [1.54, 1.807) is 24.3 Å². The molecule has 112 valence electrons. The molecule has 4 nitrogen and oxygen atoms in total. The quantitative estimate of drug-likeness (QED) is 0.841. The summed E-state index contributed by atoms with van der Waals surface area (Å²) < 4.78 is 27.1. The van der Waals surface area contributed by atoms with Crippen molar-refractivity contribution in [1.82, 2.24) is 4.72 Å². The number of benzene rings is 1. The molecule has 2 aliphatic rings. The molecule has 1 N–H and O–H groups in total. The van der Waals surface area contributed by atoms with Crippen LogP contribution in [0, 0.1) is 29.1 Å². The first-order valence-corrected chi connectivity index (χ1v) is 9.19. The standard InChI is InChI=1S/C16H20N2O2S/c17-9-12-1-3-13(4-2-12)11-21(19,20)18-10-16(14-5-6-14)15-7-8-15/h1-4,14-16,18H,5-8,10-11H2. The van der Waals surface area contributed by atoms with Crippen LogP contribution in [0.5, 0.6) is 0 Å². The van der Waals surface area contributed by atoms with Crippen LogP contribution in [0.15, 0.2) is 24.3 Å². The van der Waals surface area contributed by atoms with E-state index < -0.39 is 10.0 Å². The zero-order valence-corrected chi connectivity index (χ0v) is 12.8. The van der Waals surface area contributed by atoms with Crippen molar-refractivity contribution >= 4 is 10.0 Å². The number of sulfonamides is 1. The summed E-state index contributed by atoms with van der Waals surface area (Å²) in [5, 5.41) is 8.74. The van der Waals surface area contributed by atoms with Crippen molar-refractivity contribution in [2.24, 2.45) is 17.8 Å². The SMILES string of the molecule is N#Cc1ccc(CS(=O)(=O)NCC(C2CC2)C2CC2)cc1. The molecule has 0 heterocycles. The van der Waals surface area contributed by atoms with Crippen LogP contribution in [0.2, 0.25) is 0 Å². The predicted molar refractivity (Wildman–Crippen MR) is 80.7 cm³/mol. The van der Waals surface area contributed by atoms with Gasteiger partial charge in [-0.3, -0.25) is 0 Å². The van der Waals surface area contributed by atoms with Crippen LogP contribution in [0.4, 0.5) is 0 Å². The topological polar surface area (TPSA) is 70.0 Å². The van der Waals surface area contributed by atoms with E-state index >= 15 is 0 Å². The van der Waals surface area contributed by atoms with Crippen LogP contribution in [-0.4, -0.2) is 15.0 Å². The summed E-state index contributed by atoms with van der Waals surface area (Å²) in [6.45, 7) is 0.591. The molecule has 0 unspecified atom stereocenters. The van der Waals surface area contributed by atoms with Gasteiger partial charge in [0, 0.05) is 6.54 Å². The fourth-order valence-corrected chi connectivity index (χ4v) is 4.12. The summed E-state index contributed by atoms with van der Waals surface area (Å²) in [7, 11) is -3.29. The van der Waals surface area contributed by atoms with Gasteiger partial charge >= 0.3 is 0 Å². The number of nitrogens with zero attached hydrogens (tertiary/aromatic N) is 1. The van der Waals surface area contributed by atoms with Crippen LogP contribution >= 0.6 is 0 Å². The highest BCUT2D eigenvalue weighted by molar-refractivity contribution is 7.88. The van der Waals surface area contributed by atoms with Crippen molar-refractivity contribution in [2.45, 2.75) is 31.4 Å². The van der Waals surface area contributed by atoms with E-state index in [4.69, 9.17) is 5.26 Å². The molecule has 0 radical (unpaired) electrons. The van der Waals surface area contributed by atoms with Gasteiger partial charge in [0.05, 0.1) is 17.4 Å². The van der Waals surface area contributed by atoms with E-state index in [1.165, 1.54) is 25.7 Å². The molecule has 1 aromatic rings. The van der Waals surface area contributed by atoms with Gasteiger partial charge in [0.15, 0.2) is 0 Å². The van der Waals surface area contributed by atoms with Crippen molar-refractivity contribution in [3.8, 4) is 6.07 Å². The van der Waals surface area contributed by atoms with Gasteiger partial charge in [-0.2, -0.15) is 5.26 Å². The Hall–Kier alpha value is -1.38. The van der Waals surface area contributed by atoms with E-state index in [0.717, 1.165) is 17.4 Å². The van der Waals surface area contributed by atoms with E-state index in [-0.39, 0.29) is 5.75 Å². The Morgan fingerprint density at radius 1 is 1.14 bits per heavy atom. The molecule has 0 amide bonds. The maximum atomic E-state index is 12.2. The van der Waals surface area contributed by atoms with Crippen molar-refractivity contribution in [2.75, 3.05) is 6.54 Å². The van der Waals surface area contributed by atoms with Gasteiger partial charge in [0.25, 0.3) is 0 Å². The van der Waals surface area contributed by atoms with Crippen LogP contribution in [-0.2, 0) is 15.8 Å². The van der Waals surface area contributed by atoms with Gasteiger partial charge in [-0.25, -0.2) is 13.1 Å². The lowest BCUT2D eigenvalue weighted by molar-refractivity contribution is 0.401. The highest BCUT2D eigenvalue weighted by Crippen LogP contribution is 2.48. The number of hydrogen-bond donors (Lipinski definition) is 1. The largest absolute Gasteiger partial charge is 0.215 e. The molecule has 2 fully saturated rings.